The van der Waals surface area contributed by atoms with Gasteiger partial charge in [0.2, 0.25) is 0 Å². The zero-order chi connectivity index (χ0) is 14.4. The molecule has 4 nitrogen and oxygen atoms in total. The van der Waals surface area contributed by atoms with Gasteiger partial charge in [-0.05, 0) is 31.2 Å². The third-order valence-corrected chi connectivity index (χ3v) is 3.96. The third kappa shape index (κ3) is 3.95. The SMILES string of the molecule is CCC1CN(CC(NC)c2cccc(OC)c2)CCO1. The first-order chi connectivity index (χ1) is 9.76. The molecule has 1 aromatic carbocycles. The number of nitrogens with one attached hydrogen (secondary N) is 1. The molecule has 0 aromatic heterocycles. The Bertz CT molecular complexity index is 411. The highest BCUT2D eigenvalue weighted by Gasteiger charge is 2.22. The fourth-order valence-corrected chi connectivity index (χ4v) is 2.67. The van der Waals surface area contributed by atoms with Gasteiger partial charge >= 0.3 is 0 Å². The van der Waals surface area contributed by atoms with Gasteiger partial charge in [0.1, 0.15) is 5.75 Å². The fourth-order valence-electron chi connectivity index (χ4n) is 2.67. The quantitative estimate of drug-likeness (QED) is 0.863. The largest absolute Gasteiger partial charge is 0.497 e. The molecule has 1 fully saturated rings. The van der Waals surface area contributed by atoms with Gasteiger partial charge in [-0.1, -0.05) is 19.1 Å². The molecule has 1 aliphatic heterocycles. The fraction of sp³-hybridized carbons (Fsp3) is 0.625. The van der Waals surface area contributed by atoms with Crippen LogP contribution in [-0.4, -0.2) is 51.4 Å². The summed E-state index contributed by atoms with van der Waals surface area (Å²) in [6, 6.07) is 8.62. The number of nitrogens with zero attached hydrogens (tertiary/aromatic N) is 1. The summed E-state index contributed by atoms with van der Waals surface area (Å²) in [4.78, 5) is 2.48. The van der Waals surface area contributed by atoms with E-state index in [4.69, 9.17) is 9.47 Å². The molecular weight excluding hydrogens is 252 g/mol. The van der Waals surface area contributed by atoms with Gasteiger partial charge in [0, 0.05) is 25.7 Å². The molecule has 0 saturated carbocycles. The standard InChI is InChI=1S/C16H26N2O2/c1-4-14-11-18(8-9-20-14)12-16(17-2)13-6-5-7-15(10-13)19-3/h5-7,10,14,16-17H,4,8-9,11-12H2,1-3H3. The van der Waals surface area contributed by atoms with Crippen LogP contribution < -0.4 is 10.1 Å². The molecule has 2 unspecified atom stereocenters. The second kappa shape index (κ2) is 7.62. The number of ether oxygens (including phenoxy) is 2. The van der Waals surface area contributed by atoms with Crippen LogP contribution in [0.3, 0.4) is 0 Å². The first-order valence-corrected chi connectivity index (χ1v) is 7.42. The van der Waals surface area contributed by atoms with Gasteiger partial charge in [-0.2, -0.15) is 0 Å². The topological polar surface area (TPSA) is 33.7 Å². The number of methoxy groups -OCH3 is 1. The Morgan fingerprint density at radius 3 is 3.05 bits per heavy atom. The predicted molar refractivity (Wildman–Crippen MR) is 81.3 cm³/mol. The van der Waals surface area contributed by atoms with Crippen LogP contribution >= 0.6 is 0 Å². The summed E-state index contributed by atoms with van der Waals surface area (Å²) in [5.41, 5.74) is 1.27. The van der Waals surface area contributed by atoms with E-state index in [-0.39, 0.29) is 0 Å². The number of hydrogen-bond donors (Lipinski definition) is 1. The van der Waals surface area contributed by atoms with Crippen molar-refractivity contribution in [2.75, 3.05) is 40.4 Å². The monoisotopic (exact) mass is 278 g/mol. The van der Waals surface area contributed by atoms with E-state index in [0.29, 0.717) is 12.1 Å². The highest BCUT2D eigenvalue weighted by molar-refractivity contribution is 5.30. The molecule has 4 heteroatoms. The van der Waals surface area contributed by atoms with Crippen LogP contribution in [0.5, 0.6) is 5.75 Å². The average molecular weight is 278 g/mol. The molecule has 0 radical (unpaired) electrons. The Morgan fingerprint density at radius 1 is 1.50 bits per heavy atom. The van der Waals surface area contributed by atoms with Gasteiger partial charge in [0.15, 0.2) is 0 Å². The van der Waals surface area contributed by atoms with Crippen molar-refractivity contribution in [2.45, 2.75) is 25.5 Å². The summed E-state index contributed by atoms with van der Waals surface area (Å²) >= 11 is 0. The van der Waals surface area contributed by atoms with E-state index >= 15 is 0 Å². The molecule has 1 N–H and O–H groups in total. The second-order valence-corrected chi connectivity index (χ2v) is 5.28. The van der Waals surface area contributed by atoms with E-state index in [1.54, 1.807) is 7.11 Å². The Morgan fingerprint density at radius 2 is 2.35 bits per heavy atom. The first kappa shape index (κ1) is 15.3. The lowest BCUT2D eigenvalue weighted by molar-refractivity contribution is -0.0320. The summed E-state index contributed by atoms with van der Waals surface area (Å²) in [6.07, 6.45) is 1.46. The molecule has 20 heavy (non-hydrogen) atoms. The molecule has 1 aliphatic rings. The summed E-state index contributed by atoms with van der Waals surface area (Å²) < 4.78 is 11.0. The lowest BCUT2D eigenvalue weighted by atomic mass is 10.1. The van der Waals surface area contributed by atoms with Crippen molar-refractivity contribution in [3.63, 3.8) is 0 Å². The van der Waals surface area contributed by atoms with Crippen molar-refractivity contribution in [3.8, 4) is 5.75 Å². The molecule has 1 saturated heterocycles. The van der Waals surface area contributed by atoms with Crippen molar-refractivity contribution in [2.24, 2.45) is 0 Å². The van der Waals surface area contributed by atoms with Crippen molar-refractivity contribution < 1.29 is 9.47 Å². The maximum absolute atomic E-state index is 5.73. The summed E-state index contributed by atoms with van der Waals surface area (Å²) in [7, 11) is 3.73. The van der Waals surface area contributed by atoms with Crippen LogP contribution in [0.25, 0.3) is 0 Å². The average Bonchev–Trinajstić information content (AvgIpc) is 2.52. The van der Waals surface area contributed by atoms with Crippen LogP contribution in [-0.2, 0) is 4.74 Å². The van der Waals surface area contributed by atoms with Crippen LogP contribution in [0.1, 0.15) is 24.9 Å². The van der Waals surface area contributed by atoms with Crippen LogP contribution in [0.15, 0.2) is 24.3 Å². The minimum atomic E-state index is 0.320. The minimum absolute atomic E-state index is 0.320. The van der Waals surface area contributed by atoms with Gasteiger partial charge in [-0.15, -0.1) is 0 Å². The Hall–Kier alpha value is -1.10. The number of benzene rings is 1. The maximum atomic E-state index is 5.73. The van der Waals surface area contributed by atoms with E-state index in [0.717, 1.165) is 38.4 Å². The maximum Gasteiger partial charge on any atom is 0.119 e. The molecular formula is C16H26N2O2. The van der Waals surface area contributed by atoms with Gasteiger partial charge in [0.05, 0.1) is 19.8 Å². The van der Waals surface area contributed by atoms with Crippen LogP contribution in [0.2, 0.25) is 0 Å². The molecule has 0 spiro atoms. The Balaban J connectivity index is 2.00. The smallest absolute Gasteiger partial charge is 0.119 e. The zero-order valence-corrected chi connectivity index (χ0v) is 12.8. The molecule has 112 valence electrons. The molecule has 1 heterocycles. The summed E-state index contributed by atoms with van der Waals surface area (Å²) in [5.74, 6) is 0.913. The number of likely N-dealkylation sites (N-methyl/N-ethyl adjacent to an activating group) is 1. The molecule has 1 aromatic rings. The van der Waals surface area contributed by atoms with Crippen molar-refractivity contribution in [3.05, 3.63) is 29.8 Å². The van der Waals surface area contributed by atoms with E-state index < -0.39 is 0 Å². The second-order valence-electron chi connectivity index (χ2n) is 5.28. The predicted octanol–water partition coefficient (Wildman–Crippen LogP) is 2.07. The van der Waals surface area contributed by atoms with E-state index in [2.05, 4.69) is 29.3 Å². The Kier molecular flexibility index (Phi) is 5.83. The minimum Gasteiger partial charge on any atom is -0.497 e. The lowest BCUT2D eigenvalue weighted by Crippen LogP contribution is -2.45. The van der Waals surface area contributed by atoms with Crippen LogP contribution in [0.4, 0.5) is 0 Å². The molecule has 0 aliphatic carbocycles. The highest BCUT2D eigenvalue weighted by Crippen LogP contribution is 2.21. The van der Waals surface area contributed by atoms with Crippen molar-refractivity contribution in [1.29, 1.82) is 0 Å². The lowest BCUT2D eigenvalue weighted by Gasteiger charge is -2.34. The highest BCUT2D eigenvalue weighted by atomic mass is 16.5. The van der Waals surface area contributed by atoms with E-state index in [9.17, 15) is 0 Å². The zero-order valence-electron chi connectivity index (χ0n) is 12.8. The number of morpholine rings is 1. The third-order valence-electron chi connectivity index (χ3n) is 3.96. The first-order valence-electron chi connectivity index (χ1n) is 7.42. The number of rotatable bonds is 6. The number of hydrogen-bond acceptors (Lipinski definition) is 4. The van der Waals surface area contributed by atoms with Gasteiger partial charge in [-0.3, -0.25) is 4.90 Å². The molecule has 0 bridgehead atoms. The van der Waals surface area contributed by atoms with Gasteiger partial charge < -0.3 is 14.8 Å². The van der Waals surface area contributed by atoms with E-state index in [1.807, 2.05) is 19.2 Å². The van der Waals surface area contributed by atoms with Crippen molar-refractivity contribution in [1.82, 2.24) is 10.2 Å². The normalized spacial score (nSPS) is 21.6. The van der Waals surface area contributed by atoms with Gasteiger partial charge in [-0.25, -0.2) is 0 Å². The van der Waals surface area contributed by atoms with E-state index in [1.165, 1.54) is 5.56 Å². The summed E-state index contributed by atoms with van der Waals surface area (Å²) in [6.45, 7) is 6.07. The molecule has 0 amide bonds. The Labute approximate surface area is 122 Å². The van der Waals surface area contributed by atoms with Crippen LogP contribution in [0, 0.1) is 0 Å². The van der Waals surface area contributed by atoms with Gasteiger partial charge in [0.25, 0.3) is 0 Å². The van der Waals surface area contributed by atoms with Crippen molar-refractivity contribution >= 4 is 0 Å². The molecule has 2 rings (SSSR count). The molecule has 2 atom stereocenters. The summed E-state index contributed by atoms with van der Waals surface area (Å²) in [5, 5.41) is 3.41.